The van der Waals surface area contributed by atoms with Crippen LogP contribution in [0.3, 0.4) is 0 Å². The van der Waals surface area contributed by atoms with Crippen molar-refractivity contribution >= 4 is 11.9 Å². The fraction of sp³-hybridized carbons (Fsp3) is 0.500. The first-order valence-corrected chi connectivity index (χ1v) is 5.41. The van der Waals surface area contributed by atoms with Gasteiger partial charge < -0.3 is 9.15 Å². The molecule has 4 heteroatoms. The predicted molar refractivity (Wildman–Crippen MR) is 59.6 cm³/mol. The van der Waals surface area contributed by atoms with Gasteiger partial charge in [-0.05, 0) is 25.0 Å². The van der Waals surface area contributed by atoms with E-state index in [-0.39, 0.29) is 0 Å². The van der Waals surface area contributed by atoms with E-state index in [2.05, 4.69) is 9.15 Å². The number of hydrogen-bond acceptors (Lipinski definition) is 4. The van der Waals surface area contributed by atoms with Gasteiger partial charge in [-0.1, -0.05) is 13.8 Å². The molecule has 1 aromatic heterocycles. The number of furan rings is 1. The monoisotopic (exact) mass is 226 g/mol. The van der Waals surface area contributed by atoms with Gasteiger partial charge >= 0.3 is 11.9 Å². The number of ether oxygens (including phenoxy) is 1. The Bertz CT molecular complexity index is 244. The first-order chi connectivity index (χ1) is 7.70. The minimum absolute atomic E-state index is 0.329. The van der Waals surface area contributed by atoms with Crippen LogP contribution >= 0.6 is 0 Å². The van der Waals surface area contributed by atoms with Crippen LogP contribution in [0, 0.1) is 0 Å². The van der Waals surface area contributed by atoms with Crippen molar-refractivity contribution < 1.29 is 18.7 Å². The Morgan fingerprint density at radius 2 is 1.44 bits per heavy atom. The molecule has 0 spiro atoms. The van der Waals surface area contributed by atoms with E-state index < -0.39 is 11.9 Å². The number of carbonyl (C=O) groups is 2. The second-order valence-electron chi connectivity index (χ2n) is 3.14. The molecule has 90 valence electrons. The van der Waals surface area contributed by atoms with Crippen molar-refractivity contribution in [2.45, 2.75) is 39.5 Å². The van der Waals surface area contributed by atoms with Gasteiger partial charge in [-0.25, -0.2) is 0 Å². The second kappa shape index (κ2) is 9.96. The Hall–Kier alpha value is -1.58. The highest BCUT2D eigenvalue weighted by molar-refractivity contribution is 5.85. The quantitative estimate of drug-likeness (QED) is 0.585. The zero-order valence-corrected chi connectivity index (χ0v) is 9.77. The highest BCUT2D eigenvalue weighted by Gasteiger charge is 2.06. The molecule has 4 nitrogen and oxygen atoms in total. The summed E-state index contributed by atoms with van der Waals surface area (Å²) in [5.41, 5.74) is 0. The van der Waals surface area contributed by atoms with Crippen molar-refractivity contribution in [1.82, 2.24) is 0 Å². The molecule has 1 aromatic rings. The summed E-state index contributed by atoms with van der Waals surface area (Å²) >= 11 is 0. The van der Waals surface area contributed by atoms with Gasteiger partial charge in [0.15, 0.2) is 0 Å². The highest BCUT2D eigenvalue weighted by Crippen LogP contribution is 1.95. The summed E-state index contributed by atoms with van der Waals surface area (Å²) in [6, 6.07) is 3.67. The first-order valence-electron chi connectivity index (χ1n) is 5.41. The van der Waals surface area contributed by atoms with Crippen LogP contribution < -0.4 is 0 Å². The molecule has 0 N–H and O–H groups in total. The average molecular weight is 226 g/mol. The average Bonchev–Trinajstić information content (AvgIpc) is 2.75. The molecular formula is C12H18O4. The van der Waals surface area contributed by atoms with Crippen molar-refractivity contribution in [1.29, 1.82) is 0 Å². The number of esters is 2. The molecule has 0 saturated heterocycles. The molecule has 16 heavy (non-hydrogen) atoms. The molecular weight excluding hydrogens is 208 g/mol. The molecule has 0 amide bonds. The third kappa shape index (κ3) is 8.99. The Morgan fingerprint density at radius 3 is 1.69 bits per heavy atom. The van der Waals surface area contributed by atoms with Crippen LogP contribution in [0.4, 0.5) is 0 Å². The molecule has 0 aromatic carbocycles. The van der Waals surface area contributed by atoms with Crippen LogP contribution in [0.15, 0.2) is 29.1 Å². The van der Waals surface area contributed by atoms with E-state index in [1.165, 1.54) is 0 Å². The third-order valence-electron chi connectivity index (χ3n) is 1.56. The maximum atomic E-state index is 10.7. The van der Waals surface area contributed by atoms with Crippen LogP contribution in [-0.2, 0) is 14.3 Å². The van der Waals surface area contributed by atoms with Gasteiger partial charge in [0.1, 0.15) is 0 Å². The maximum absolute atomic E-state index is 10.7. The molecule has 0 saturated carbocycles. The van der Waals surface area contributed by atoms with Crippen molar-refractivity contribution in [3.63, 3.8) is 0 Å². The Balaban J connectivity index is 0.000000368. The van der Waals surface area contributed by atoms with Gasteiger partial charge in [0.2, 0.25) is 0 Å². The van der Waals surface area contributed by atoms with E-state index in [0.717, 1.165) is 12.8 Å². The lowest BCUT2D eigenvalue weighted by molar-refractivity contribution is -0.159. The van der Waals surface area contributed by atoms with Crippen molar-refractivity contribution in [2.24, 2.45) is 0 Å². The Kier molecular flexibility index (Phi) is 8.97. The smallest absolute Gasteiger partial charge is 0.313 e. The van der Waals surface area contributed by atoms with Gasteiger partial charge in [-0.2, -0.15) is 0 Å². The molecule has 0 bridgehead atoms. The van der Waals surface area contributed by atoms with E-state index in [0.29, 0.717) is 12.8 Å². The molecule has 0 atom stereocenters. The SMILES string of the molecule is CCCC(=O)OC(=O)CCC.c1ccoc1. The summed E-state index contributed by atoms with van der Waals surface area (Å²) < 4.78 is 9.04. The molecule has 1 heterocycles. The number of carbonyl (C=O) groups excluding carboxylic acids is 2. The summed E-state index contributed by atoms with van der Waals surface area (Å²) in [6.07, 6.45) is 5.35. The zero-order valence-electron chi connectivity index (χ0n) is 9.77. The van der Waals surface area contributed by atoms with E-state index in [1.54, 1.807) is 12.5 Å². The van der Waals surface area contributed by atoms with E-state index in [4.69, 9.17) is 0 Å². The van der Waals surface area contributed by atoms with Crippen LogP contribution in [0.5, 0.6) is 0 Å². The lowest BCUT2D eigenvalue weighted by Gasteiger charge is -1.98. The lowest BCUT2D eigenvalue weighted by atomic mass is 10.3. The Labute approximate surface area is 95.6 Å². The highest BCUT2D eigenvalue weighted by atomic mass is 16.6. The van der Waals surface area contributed by atoms with E-state index in [1.807, 2.05) is 26.0 Å². The second-order valence-corrected chi connectivity index (χ2v) is 3.14. The summed E-state index contributed by atoms with van der Waals surface area (Å²) in [5, 5.41) is 0. The molecule has 0 aliphatic heterocycles. The third-order valence-corrected chi connectivity index (χ3v) is 1.56. The van der Waals surface area contributed by atoms with Gasteiger partial charge in [0, 0.05) is 12.8 Å². The summed E-state index contributed by atoms with van der Waals surface area (Å²) in [4.78, 5) is 21.4. The van der Waals surface area contributed by atoms with Crippen LogP contribution in [0.25, 0.3) is 0 Å². The minimum atomic E-state index is -0.411. The van der Waals surface area contributed by atoms with Crippen molar-refractivity contribution in [2.75, 3.05) is 0 Å². The summed E-state index contributed by atoms with van der Waals surface area (Å²) in [6.45, 7) is 3.73. The molecule has 1 rings (SSSR count). The summed E-state index contributed by atoms with van der Waals surface area (Å²) in [7, 11) is 0. The largest absolute Gasteiger partial charge is 0.473 e. The van der Waals surface area contributed by atoms with Gasteiger partial charge in [-0.15, -0.1) is 0 Å². The maximum Gasteiger partial charge on any atom is 0.313 e. The number of hydrogen-bond donors (Lipinski definition) is 0. The van der Waals surface area contributed by atoms with Crippen LogP contribution in [0.1, 0.15) is 39.5 Å². The zero-order chi connectivity index (χ0) is 12.2. The lowest BCUT2D eigenvalue weighted by Crippen LogP contribution is -2.10. The molecule has 0 fully saturated rings. The van der Waals surface area contributed by atoms with Crippen LogP contribution in [-0.4, -0.2) is 11.9 Å². The minimum Gasteiger partial charge on any atom is -0.473 e. The van der Waals surface area contributed by atoms with Gasteiger partial charge in [0.25, 0.3) is 0 Å². The molecule has 0 aliphatic rings. The molecule has 0 unspecified atom stereocenters. The first kappa shape index (κ1) is 14.4. The van der Waals surface area contributed by atoms with Crippen LogP contribution in [0.2, 0.25) is 0 Å². The molecule has 0 aliphatic carbocycles. The van der Waals surface area contributed by atoms with Crippen molar-refractivity contribution in [3.05, 3.63) is 24.7 Å². The predicted octanol–water partition coefficient (Wildman–Crippen LogP) is 2.94. The van der Waals surface area contributed by atoms with Crippen molar-refractivity contribution in [3.8, 4) is 0 Å². The Morgan fingerprint density at radius 1 is 1.00 bits per heavy atom. The topological polar surface area (TPSA) is 56.5 Å². The number of rotatable bonds is 4. The molecule has 0 radical (unpaired) electrons. The van der Waals surface area contributed by atoms with Gasteiger partial charge in [0.05, 0.1) is 12.5 Å². The van der Waals surface area contributed by atoms with E-state index >= 15 is 0 Å². The van der Waals surface area contributed by atoms with Gasteiger partial charge in [-0.3, -0.25) is 9.59 Å². The summed E-state index contributed by atoms with van der Waals surface area (Å²) in [5.74, 6) is -0.822. The standard InChI is InChI=1S/C8H14O3.C4H4O/c1-3-5-7(9)11-8(10)6-4-2;1-2-4-5-3-1/h3-6H2,1-2H3;1-4H. The van der Waals surface area contributed by atoms with E-state index in [9.17, 15) is 9.59 Å². The normalized spacial score (nSPS) is 8.88. The fourth-order valence-corrected chi connectivity index (χ4v) is 0.864. The fourth-order valence-electron chi connectivity index (χ4n) is 0.864.